The van der Waals surface area contributed by atoms with Gasteiger partial charge < -0.3 is 10.5 Å². The molecule has 0 unspecified atom stereocenters. The zero-order chi connectivity index (χ0) is 13.7. The molecule has 0 aliphatic rings. The lowest BCUT2D eigenvalue weighted by atomic mass is 10.1. The summed E-state index contributed by atoms with van der Waals surface area (Å²) < 4.78 is 7.07. The summed E-state index contributed by atoms with van der Waals surface area (Å²) >= 11 is 8.28. The van der Waals surface area contributed by atoms with Crippen LogP contribution in [-0.2, 0) is 13.0 Å². The minimum atomic E-state index is 0.552. The van der Waals surface area contributed by atoms with E-state index in [0.717, 1.165) is 23.3 Å². The van der Waals surface area contributed by atoms with Crippen molar-refractivity contribution in [3.05, 3.63) is 62.2 Å². The number of nitrogens with two attached hydrogens (primary N) is 1. The maximum Gasteiger partial charge on any atom is 0.123 e. The Morgan fingerprint density at radius 3 is 2.53 bits per heavy atom. The lowest BCUT2D eigenvalue weighted by Crippen LogP contribution is -2.05. The predicted octanol–water partition coefficient (Wildman–Crippen LogP) is 4.02. The van der Waals surface area contributed by atoms with E-state index in [1.54, 1.807) is 0 Å². The Morgan fingerprint density at radius 2 is 1.84 bits per heavy atom. The van der Waals surface area contributed by atoms with Gasteiger partial charge in [-0.3, -0.25) is 0 Å². The topological polar surface area (TPSA) is 35.2 Å². The highest BCUT2D eigenvalue weighted by atomic mass is 127. The summed E-state index contributed by atoms with van der Waals surface area (Å²) in [4.78, 5) is 0. The molecule has 0 amide bonds. The van der Waals surface area contributed by atoms with E-state index in [1.807, 2.05) is 18.2 Å². The molecule has 2 nitrogen and oxygen atoms in total. The fourth-order valence-corrected chi connectivity index (χ4v) is 2.34. The molecular weight excluding hydrogens is 373 g/mol. The number of hydrogen-bond donors (Lipinski definition) is 1. The zero-order valence-electron chi connectivity index (χ0n) is 10.4. The summed E-state index contributed by atoms with van der Waals surface area (Å²) in [5.74, 6) is 0.855. The van der Waals surface area contributed by atoms with Gasteiger partial charge in [0.25, 0.3) is 0 Å². The summed E-state index contributed by atoms with van der Waals surface area (Å²) in [5, 5.41) is 0.713. The van der Waals surface area contributed by atoms with Crippen molar-refractivity contribution >= 4 is 34.2 Å². The molecule has 0 saturated heterocycles. The summed E-state index contributed by atoms with van der Waals surface area (Å²) in [7, 11) is 0. The third kappa shape index (κ3) is 4.37. The first kappa shape index (κ1) is 14.6. The second-order valence-corrected chi connectivity index (χ2v) is 5.89. The monoisotopic (exact) mass is 387 g/mol. The second-order valence-electron chi connectivity index (χ2n) is 4.21. The Kier molecular flexibility index (Phi) is 5.48. The molecule has 2 rings (SSSR count). The summed E-state index contributed by atoms with van der Waals surface area (Å²) in [5.41, 5.74) is 7.81. The first-order valence-electron chi connectivity index (χ1n) is 6.05. The van der Waals surface area contributed by atoms with Gasteiger partial charge in [0, 0.05) is 8.59 Å². The van der Waals surface area contributed by atoms with Gasteiger partial charge in [-0.05, 0) is 77.0 Å². The van der Waals surface area contributed by atoms with E-state index < -0.39 is 0 Å². The van der Waals surface area contributed by atoms with Crippen LogP contribution in [0.1, 0.15) is 11.1 Å². The summed E-state index contributed by atoms with van der Waals surface area (Å²) in [6.07, 6.45) is 0.766. The van der Waals surface area contributed by atoms with Crippen molar-refractivity contribution in [3.63, 3.8) is 0 Å². The number of halogens is 2. The van der Waals surface area contributed by atoms with E-state index in [4.69, 9.17) is 22.1 Å². The minimum absolute atomic E-state index is 0.552. The molecule has 2 aromatic carbocycles. The van der Waals surface area contributed by atoms with Crippen molar-refractivity contribution in [3.8, 4) is 5.75 Å². The predicted molar refractivity (Wildman–Crippen MR) is 87.7 cm³/mol. The first-order valence-corrected chi connectivity index (χ1v) is 7.50. The molecule has 2 aromatic rings. The molecule has 0 atom stereocenters. The lowest BCUT2D eigenvalue weighted by molar-refractivity contribution is 0.303. The van der Waals surface area contributed by atoms with Crippen molar-refractivity contribution in [1.82, 2.24) is 0 Å². The van der Waals surface area contributed by atoms with Gasteiger partial charge in [0.05, 0.1) is 0 Å². The van der Waals surface area contributed by atoms with Gasteiger partial charge in [0.2, 0.25) is 0 Å². The highest BCUT2D eigenvalue weighted by Crippen LogP contribution is 2.24. The normalized spacial score (nSPS) is 10.5. The summed E-state index contributed by atoms with van der Waals surface area (Å²) in [6.45, 7) is 1.14. The van der Waals surface area contributed by atoms with Crippen LogP contribution in [0, 0.1) is 3.57 Å². The molecular formula is C15H15ClINO. The van der Waals surface area contributed by atoms with Crippen molar-refractivity contribution in [1.29, 1.82) is 0 Å². The van der Waals surface area contributed by atoms with Gasteiger partial charge in [-0.2, -0.15) is 0 Å². The van der Waals surface area contributed by atoms with Crippen LogP contribution in [0.5, 0.6) is 5.75 Å². The third-order valence-corrected chi connectivity index (χ3v) is 3.70. The molecule has 4 heteroatoms. The van der Waals surface area contributed by atoms with Crippen LogP contribution in [0.4, 0.5) is 0 Å². The molecule has 0 spiro atoms. The molecule has 2 N–H and O–H groups in total. The maximum absolute atomic E-state index is 5.99. The first-order chi connectivity index (χ1) is 9.19. The van der Waals surface area contributed by atoms with E-state index in [0.29, 0.717) is 18.2 Å². The van der Waals surface area contributed by atoms with Crippen LogP contribution in [0.15, 0.2) is 42.5 Å². The van der Waals surface area contributed by atoms with Gasteiger partial charge in [-0.1, -0.05) is 23.7 Å². The van der Waals surface area contributed by atoms with Crippen LogP contribution in [0.2, 0.25) is 5.02 Å². The molecule has 0 aliphatic heterocycles. The Hall–Kier alpha value is -0.780. The smallest absolute Gasteiger partial charge is 0.123 e. The molecule has 0 aromatic heterocycles. The molecule has 19 heavy (non-hydrogen) atoms. The van der Waals surface area contributed by atoms with Gasteiger partial charge >= 0.3 is 0 Å². The average molecular weight is 388 g/mol. The molecule has 0 bridgehead atoms. The van der Waals surface area contributed by atoms with Gasteiger partial charge in [-0.25, -0.2) is 0 Å². The zero-order valence-corrected chi connectivity index (χ0v) is 13.3. The van der Waals surface area contributed by atoms with Crippen LogP contribution < -0.4 is 10.5 Å². The molecule has 0 heterocycles. The lowest BCUT2D eigenvalue weighted by Gasteiger charge is -2.11. The average Bonchev–Trinajstić information content (AvgIpc) is 2.40. The second kappa shape index (κ2) is 7.12. The van der Waals surface area contributed by atoms with E-state index in [-0.39, 0.29) is 0 Å². The number of benzene rings is 2. The van der Waals surface area contributed by atoms with E-state index >= 15 is 0 Å². The number of hydrogen-bond acceptors (Lipinski definition) is 2. The standard InChI is InChI=1S/C15H15ClINO/c16-13-3-6-15(12(9-13)7-8-18)19-10-11-1-4-14(17)5-2-11/h1-6,9H,7-8,10,18H2. The van der Waals surface area contributed by atoms with Crippen molar-refractivity contribution < 1.29 is 4.74 Å². The van der Waals surface area contributed by atoms with E-state index in [2.05, 4.69) is 46.9 Å². The number of rotatable bonds is 5. The molecule has 100 valence electrons. The fourth-order valence-electron chi connectivity index (χ4n) is 1.78. The Morgan fingerprint density at radius 1 is 1.11 bits per heavy atom. The van der Waals surface area contributed by atoms with Crippen LogP contribution in [-0.4, -0.2) is 6.54 Å². The molecule has 0 saturated carbocycles. The maximum atomic E-state index is 5.99. The molecule has 0 aliphatic carbocycles. The van der Waals surface area contributed by atoms with Crippen molar-refractivity contribution in [2.24, 2.45) is 5.73 Å². The Labute approximate surface area is 132 Å². The number of ether oxygens (including phenoxy) is 1. The van der Waals surface area contributed by atoms with Crippen molar-refractivity contribution in [2.45, 2.75) is 13.0 Å². The largest absolute Gasteiger partial charge is 0.489 e. The van der Waals surface area contributed by atoms with Gasteiger partial charge in [0.15, 0.2) is 0 Å². The highest BCUT2D eigenvalue weighted by molar-refractivity contribution is 14.1. The molecule has 0 radical (unpaired) electrons. The van der Waals surface area contributed by atoms with Crippen molar-refractivity contribution in [2.75, 3.05) is 6.54 Å². The van der Waals surface area contributed by atoms with Gasteiger partial charge in [0.1, 0.15) is 12.4 Å². The Bertz CT molecular complexity index is 542. The van der Waals surface area contributed by atoms with Crippen LogP contribution in [0.25, 0.3) is 0 Å². The highest BCUT2D eigenvalue weighted by Gasteiger charge is 2.04. The SMILES string of the molecule is NCCc1cc(Cl)ccc1OCc1ccc(I)cc1. The fraction of sp³-hybridized carbons (Fsp3) is 0.200. The van der Waals surface area contributed by atoms with E-state index in [9.17, 15) is 0 Å². The summed E-state index contributed by atoms with van der Waals surface area (Å²) in [6, 6.07) is 13.9. The van der Waals surface area contributed by atoms with Crippen LogP contribution in [0.3, 0.4) is 0 Å². The van der Waals surface area contributed by atoms with E-state index in [1.165, 1.54) is 3.57 Å². The quantitative estimate of drug-likeness (QED) is 0.786. The van der Waals surface area contributed by atoms with Gasteiger partial charge in [-0.15, -0.1) is 0 Å². The minimum Gasteiger partial charge on any atom is -0.489 e. The molecule has 0 fully saturated rings. The van der Waals surface area contributed by atoms with Crippen LogP contribution >= 0.6 is 34.2 Å². The third-order valence-electron chi connectivity index (χ3n) is 2.74. The Balaban J connectivity index is 2.08.